The number of carbonyl (C=O) groups excluding carboxylic acids is 1. The predicted octanol–water partition coefficient (Wildman–Crippen LogP) is 6.63. The van der Waals surface area contributed by atoms with Crippen molar-refractivity contribution in [3.63, 3.8) is 0 Å². The monoisotopic (exact) mass is 516 g/mol. The van der Waals surface area contributed by atoms with Gasteiger partial charge in [-0.05, 0) is 68.3 Å². The molecule has 2 amide bonds. The topological polar surface area (TPSA) is 76.5 Å². The Morgan fingerprint density at radius 2 is 1.89 bits per heavy atom. The number of halogens is 1. The molecule has 4 rings (SSSR count). The number of aryl methyl sites for hydroxylation is 1. The average molecular weight is 517 g/mol. The molecule has 1 atom stereocenters. The van der Waals surface area contributed by atoms with Crippen molar-refractivity contribution in [2.24, 2.45) is 0 Å². The van der Waals surface area contributed by atoms with Crippen LogP contribution in [-0.4, -0.2) is 34.1 Å². The summed E-state index contributed by atoms with van der Waals surface area (Å²) in [5.41, 5.74) is 2.15. The van der Waals surface area contributed by atoms with Gasteiger partial charge in [0.25, 0.3) is 5.56 Å². The zero-order valence-corrected chi connectivity index (χ0v) is 22.2. The van der Waals surface area contributed by atoms with Crippen LogP contribution < -0.4 is 15.6 Å². The summed E-state index contributed by atoms with van der Waals surface area (Å²) in [6, 6.07) is 17.6. The van der Waals surface area contributed by atoms with Gasteiger partial charge in [0.1, 0.15) is 17.4 Å². The molecule has 1 aromatic heterocycles. The number of para-hydroxylation sites is 1. The molecule has 1 N–H and O–H groups in total. The third-order valence-electron chi connectivity index (χ3n) is 6.56. The van der Waals surface area contributed by atoms with Gasteiger partial charge in [-0.25, -0.2) is 14.2 Å². The number of rotatable bonds is 9. The van der Waals surface area contributed by atoms with Gasteiger partial charge in [-0.15, -0.1) is 0 Å². The van der Waals surface area contributed by atoms with Crippen LogP contribution in [0.4, 0.5) is 14.9 Å². The van der Waals surface area contributed by atoms with Crippen molar-refractivity contribution in [3.8, 4) is 11.4 Å². The lowest BCUT2D eigenvalue weighted by Crippen LogP contribution is -2.40. The smallest absolute Gasteiger partial charge is 0.322 e. The molecule has 38 heavy (non-hydrogen) atoms. The van der Waals surface area contributed by atoms with Crippen LogP contribution in [0.2, 0.25) is 0 Å². The molecule has 0 radical (unpaired) electrons. The van der Waals surface area contributed by atoms with E-state index in [-0.39, 0.29) is 5.56 Å². The number of amides is 2. The predicted molar refractivity (Wildman–Crippen MR) is 149 cm³/mol. The van der Waals surface area contributed by atoms with Gasteiger partial charge in [-0.1, -0.05) is 44.0 Å². The Morgan fingerprint density at radius 1 is 1.11 bits per heavy atom. The first-order valence-corrected chi connectivity index (χ1v) is 12.8. The van der Waals surface area contributed by atoms with Crippen molar-refractivity contribution < 1.29 is 13.9 Å². The number of aromatic nitrogens is 2. The summed E-state index contributed by atoms with van der Waals surface area (Å²) in [4.78, 5) is 34.0. The Morgan fingerprint density at radius 3 is 2.63 bits per heavy atom. The van der Waals surface area contributed by atoms with E-state index in [1.165, 1.54) is 12.1 Å². The van der Waals surface area contributed by atoms with Crippen molar-refractivity contribution >= 4 is 22.6 Å². The van der Waals surface area contributed by atoms with Crippen LogP contribution in [0.15, 0.2) is 71.5 Å². The lowest BCUT2D eigenvalue weighted by Gasteiger charge is -2.31. The maximum absolute atomic E-state index is 13.9. The van der Waals surface area contributed by atoms with Crippen molar-refractivity contribution in [1.29, 1.82) is 0 Å². The molecule has 3 aromatic carbocycles. The van der Waals surface area contributed by atoms with Crippen LogP contribution in [0.5, 0.6) is 5.75 Å². The van der Waals surface area contributed by atoms with Crippen molar-refractivity contribution in [3.05, 3.63) is 94.3 Å². The zero-order valence-electron chi connectivity index (χ0n) is 22.2. The van der Waals surface area contributed by atoms with Gasteiger partial charge in [-0.3, -0.25) is 9.36 Å². The Bertz CT molecular complexity index is 1500. The van der Waals surface area contributed by atoms with E-state index in [1.807, 2.05) is 38.1 Å². The second-order valence-corrected chi connectivity index (χ2v) is 9.32. The van der Waals surface area contributed by atoms with E-state index in [4.69, 9.17) is 9.72 Å². The van der Waals surface area contributed by atoms with E-state index in [0.717, 1.165) is 24.8 Å². The molecule has 198 valence electrons. The van der Waals surface area contributed by atoms with Crippen LogP contribution in [0.3, 0.4) is 0 Å². The van der Waals surface area contributed by atoms with Gasteiger partial charge < -0.3 is 15.0 Å². The second-order valence-electron chi connectivity index (χ2n) is 9.32. The number of carbonyl (C=O) groups is 1. The normalized spacial score (nSPS) is 11.8. The maximum Gasteiger partial charge on any atom is 0.322 e. The molecule has 0 saturated carbocycles. The van der Waals surface area contributed by atoms with Crippen LogP contribution in [-0.2, 0) is 0 Å². The number of benzene rings is 3. The van der Waals surface area contributed by atoms with E-state index >= 15 is 0 Å². The second kappa shape index (κ2) is 11.9. The molecule has 7 nitrogen and oxygen atoms in total. The molecule has 0 aliphatic carbocycles. The third kappa shape index (κ3) is 5.69. The molecule has 0 saturated heterocycles. The number of urea groups is 1. The molecule has 4 aromatic rings. The van der Waals surface area contributed by atoms with Crippen LogP contribution in [0.25, 0.3) is 16.6 Å². The largest absolute Gasteiger partial charge is 0.495 e. The Balaban J connectivity index is 1.87. The van der Waals surface area contributed by atoms with E-state index in [2.05, 4.69) is 12.2 Å². The van der Waals surface area contributed by atoms with Gasteiger partial charge >= 0.3 is 6.03 Å². The van der Waals surface area contributed by atoms with Gasteiger partial charge in [0.15, 0.2) is 0 Å². The lowest BCUT2D eigenvalue weighted by atomic mass is 10.1. The minimum atomic E-state index is -0.595. The molecule has 0 spiro atoms. The highest BCUT2D eigenvalue weighted by Gasteiger charge is 2.28. The van der Waals surface area contributed by atoms with Crippen molar-refractivity contribution in [1.82, 2.24) is 14.5 Å². The Labute approximate surface area is 221 Å². The summed E-state index contributed by atoms with van der Waals surface area (Å²) < 4.78 is 21.0. The van der Waals surface area contributed by atoms with Gasteiger partial charge in [-0.2, -0.15) is 0 Å². The van der Waals surface area contributed by atoms with Gasteiger partial charge in [0, 0.05) is 12.2 Å². The maximum atomic E-state index is 13.9. The number of nitrogens with zero attached hydrogens (tertiary/aromatic N) is 3. The SMILES string of the molecule is CCCCCN(C(=O)Nc1cccc(F)c1)C(C)c1nc2ccccc2c(=O)n1-c1cc(C)ccc1OC. The summed E-state index contributed by atoms with van der Waals surface area (Å²) in [6.07, 6.45) is 2.68. The molecule has 8 heteroatoms. The van der Waals surface area contributed by atoms with Crippen LogP contribution >= 0.6 is 0 Å². The number of fused-ring (bicyclic) bond motifs is 1. The molecule has 0 fully saturated rings. The fourth-order valence-electron chi connectivity index (χ4n) is 4.54. The highest BCUT2D eigenvalue weighted by atomic mass is 19.1. The summed E-state index contributed by atoms with van der Waals surface area (Å²) in [5, 5.41) is 3.28. The molecule has 0 aliphatic heterocycles. The fourth-order valence-corrected chi connectivity index (χ4v) is 4.54. The average Bonchev–Trinajstić information content (AvgIpc) is 2.90. The number of hydrogen-bond donors (Lipinski definition) is 1. The lowest BCUT2D eigenvalue weighted by molar-refractivity contribution is 0.187. The Hall–Kier alpha value is -4.20. The standard InChI is InChI=1S/C30H33FN4O3/c1-5-6-9-17-34(30(37)32-23-12-10-11-22(31)19-23)21(3)28-33-25-14-8-7-13-24(25)29(36)35(28)26-18-20(2)15-16-27(26)38-4/h7-8,10-16,18-19,21H,5-6,9,17H2,1-4H3,(H,32,37). The van der Waals surface area contributed by atoms with Crippen molar-refractivity contribution in [2.75, 3.05) is 19.0 Å². The summed E-state index contributed by atoms with van der Waals surface area (Å²) in [6.45, 7) is 6.32. The first kappa shape index (κ1) is 26.9. The molecular weight excluding hydrogens is 483 g/mol. The fraction of sp³-hybridized carbons (Fsp3) is 0.300. The minimum Gasteiger partial charge on any atom is -0.495 e. The van der Waals surface area contributed by atoms with E-state index < -0.39 is 17.9 Å². The summed E-state index contributed by atoms with van der Waals surface area (Å²) >= 11 is 0. The van der Waals surface area contributed by atoms with E-state index in [9.17, 15) is 14.0 Å². The summed E-state index contributed by atoms with van der Waals surface area (Å²) in [7, 11) is 1.56. The third-order valence-corrected chi connectivity index (χ3v) is 6.56. The Kier molecular flexibility index (Phi) is 8.41. The highest BCUT2D eigenvalue weighted by Crippen LogP contribution is 2.29. The highest BCUT2D eigenvalue weighted by molar-refractivity contribution is 5.89. The van der Waals surface area contributed by atoms with E-state index in [0.29, 0.717) is 40.4 Å². The molecule has 1 unspecified atom stereocenters. The number of nitrogens with one attached hydrogen (secondary N) is 1. The van der Waals surface area contributed by atoms with E-state index in [1.54, 1.807) is 46.9 Å². The minimum absolute atomic E-state index is 0.250. The first-order chi connectivity index (χ1) is 18.3. The quantitative estimate of drug-likeness (QED) is 0.254. The molecule has 0 bridgehead atoms. The number of ether oxygens (including phenoxy) is 1. The molecule has 1 heterocycles. The zero-order chi connectivity index (χ0) is 27.2. The van der Waals surface area contributed by atoms with Crippen LogP contribution in [0, 0.1) is 12.7 Å². The number of unbranched alkanes of at least 4 members (excludes halogenated alkanes) is 2. The van der Waals surface area contributed by atoms with Crippen LogP contribution in [0.1, 0.15) is 50.5 Å². The molecular formula is C30H33FN4O3. The number of anilines is 1. The first-order valence-electron chi connectivity index (χ1n) is 12.8. The molecule has 0 aliphatic rings. The van der Waals surface area contributed by atoms with Gasteiger partial charge in [0.2, 0.25) is 0 Å². The van der Waals surface area contributed by atoms with Crippen molar-refractivity contribution in [2.45, 2.75) is 46.1 Å². The number of hydrogen-bond acceptors (Lipinski definition) is 4. The summed E-state index contributed by atoms with van der Waals surface area (Å²) in [5.74, 6) is 0.485. The van der Waals surface area contributed by atoms with Gasteiger partial charge in [0.05, 0.1) is 29.7 Å². The number of methoxy groups -OCH3 is 1.